The van der Waals surface area contributed by atoms with E-state index in [-0.39, 0.29) is 11.5 Å². The topological polar surface area (TPSA) is 58.4 Å². The summed E-state index contributed by atoms with van der Waals surface area (Å²) in [5.74, 6) is 0.0365. The minimum atomic E-state index is 0.00292. The van der Waals surface area contributed by atoms with E-state index in [4.69, 9.17) is 0 Å². The van der Waals surface area contributed by atoms with Crippen molar-refractivity contribution in [2.45, 2.75) is 64.5 Å². The molecule has 6 nitrogen and oxygen atoms in total. The van der Waals surface area contributed by atoms with Crippen LogP contribution >= 0.6 is 11.3 Å². The molecule has 0 saturated carbocycles. The smallest absolute Gasteiger partial charge is 0.262 e. The first-order valence-corrected chi connectivity index (χ1v) is 13.0. The van der Waals surface area contributed by atoms with Gasteiger partial charge in [0.1, 0.15) is 4.83 Å². The molecule has 1 aliphatic heterocycles. The molecule has 0 atom stereocenters. The summed E-state index contributed by atoms with van der Waals surface area (Å²) in [5, 5.41) is 0.784. The molecule has 1 fully saturated rings. The van der Waals surface area contributed by atoms with Gasteiger partial charge in [0.15, 0.2) is 0 Å². The molecule has 2 aliphatic rings. The number of anilines is 1. The highest BCUT2D eigenvalue weighted by Gasteiger charge is 2.20. The number of rotatable bonds is 6. The highest BCUT2D eigenvalue weighted by atomic mass is 32.1. The second-order valence-corrected chi connectivity index (χ2v) is 10.4. The molecule has 0 bridgehead atoms. The lowest BCUT2D eigenvalue weighted by Gasteiger charge is -2.29. The summed E-state index contributed by atoms with van der Waals surface area (Å²) in [6, 6.07) is 8.58. The number of amides is 1. The summed E-state index contributed by atoms with van der Waals surface area (Å²) in [7, 11) is 1.83. The SMILES string of the molecule is CN(Cc1ccc(N2CCCCC2)cc1)C(=O)CCn1cnc2sc3c(c2c1=O)CCCC3. The minimum absolute atomic E-state index is 0.00292. The normalized spacial score (nSPS) is 16.1. The highest BCUT2D eigenvalue weighted by molar-refractivity contribution is 7.18. The number of carbonyl (C=O) groups excluding carboxylic acids is 1. The maximum absolute atomic E-state index is 13.1. The van der Waals surface area contributed by atoms with E-state index in [0.29, 0.717) is 19.5 Å². The van der Waals surface area contributed by atoms with Gasteiger partial charge < -0.3 is 9.80 Å². The molecule has 2 aromatic heterocycles. The summed E-state index contributed by atoms with van der Waals surface area (Å²) < 4.78 is 1.61. The van der Waals surface area contributed by atoms with Crippen molar-refractivity contribution in [3.63, 3.8) is 0 Å². The van der Waals surface area contributed by atoms with Gasteiger partial charge in [0, 0.05) is 50.2 Å². The van der Waals surface area contributed by atoms with Crippen molar-refractivity contribution in [3.05, 3.63) is 57.0 Å². The third-order valence-corrected chi connectivity index (χ3v) is 8.21. The lowest BCUT2D eigenvalue weighted by molar-refractivity contribution is -0.130. The molecule has 174 valence electrons. The van der Waals surface area contributed by atoms with E-state index in [1.807, 2.05) is 7.05 Å². The number of fused-ring (bicyclic) bond motifs is 3. The van der Waals surface area contributed by atoms with Crippen LogP contribution in [0.3, 0.4) is 0 Å². The number of thiophene rings is 1. The van der Waals surface area contributed by atoms with Crippen LogP contribution in [-0.4, -0.2) is 40.5 Å². The van der Waals surface area contributed by atoms with Crippen LogP contribution in [0.15, 0.2) is 35.4 Å². The molecule has 1 aromatic carbocycles. The van der Waals surface area contributed by atoms with Crippen molar-refractivity contribution in [1.82, 2.24) is 14.5 Å². The van der Waals surface area contributed by atoms with E-state index in [9.17, 15) is 9.59 Å². The van der Waals surface area contributed by atoms with Gasteiger partial charge in [-0.05, 0) is 68.2 Å². The fourth-order valence-electron chi connectivity index (χ4n) is 5.07. The van der Waals surface area contributed by atoms with Crippen molar-refractivity contribution in [2.75, 3.05) is 25.0 Å². The van der Waals surface area contributed by atoms with Crippen LogP contribution in [0, 0.1) is 0 Å². The fraction of sp³-hybridized carbons (Fsp3) is 0.500. The number of nitrogens with zero attached hydrogens (tertiary/aromatic N) is 4. The first-order chi connectivity index (χ1) is 16.1. The van der Waals surface area contributed by atoms with Gasteiger partial charge in [-0.2, -0.15) is 0 Å². The Hall–Kier alpha value is -2.67. The minimum Gasteiger partial charge on any atom is -0.372 e. The van der Waals surface area contributed by atoms with E-state index >= 15 is 0 Å². The second kappa shape index (κ2) is 9.67. The number of hydrogen-bond donors (Lipinski definition) is 0. The maximum atomic E-state index is 13.1. The molecule has 3 aromatic rings. The molecule has 0 N–H and O–H groups in total. The third kappa shape index (κ3) is 4.69. The van der Waals surface area contributed by atoms with Crippen molar-refractivity contribution in [3.8, 4) is 0 Å². The Morgan fingerprint density at radius 3 is 2.61 bits per heavy atom. The van der Waals surface area contributed by atoms with Crippen molar-refractivity contribution < 1.29 is 4.79 Å². The molecule has 33 heavy (non-hydrogen) atoms. The Balaban J connectivity index is 1.20. The van der Waals surface area contributed by atoms with Crippen LogP contribution in [-0.2, 0) is 30.7 Å². The van der Waals surface area contributed by atoms with Crippen LogP contribution in [0.4, 0.5) is 5.69 Å². The predicted octanol–water partition coefficient (Wildman–Crippen LogP) is 4.38. The standard InChI is InChI=1S/C26H32N4O2S/c1-28(17-19-9-11-20(12-10-19)29-14-5-2-6-15-29)23(31)13-16-30-18-27-25-24(26(30)32)21-7-3-4-8-22(21)33-25/h9-12,18H,2-8,13-17H2,1H3. The molecule has 5 rings (SSSR count). The van der Waals surface area contributed by atoms with Crippen LogP contribution in [0.25, 0.3) is 10.2 Å². The van der Waals surface area contributed by atoms with E-state index < -0.39 is 0 Å². The van der Waals surface area contributed by atoms with Crippen LogP contribution < -0.4 is 10.5 Å². The van der Waals surface area contributed by atoms with Crippen LogP contribution in [0.5, 0.6) is 0 Å². The van der Waals surface area contributed by atoms with Crippen molar-refractivity contribution in [2.24, 2.45) is 0 Å². The number of aryl methyl sites for hydroxylation is 3. The average molecular weight is 465 g/mol. The van der Waals surface area contributed by atoms with Gasteiger partial charge in [-0.25, -0.2) is 4.98 Å². The van der Waals surface area contributed by atoms with E-state index in [1.165, 1.54) is 41.8 Å². The van der Waals surface area contributed by atoms with E-state index in [2.05, 4.69) is 34.1 Å². The summed E-state index contributed by atoms with van der Waals surface area (Å²) >= 11 is 1.66. The molecular formula is C26H32N4O2S. The summed E-state index contributed by atoms with van der Waals surface area (Å²) in [5.41, 5.74) is 3.59. The lowest BCUT2D eigenvalue weighted by atomic mass is 9.97. The molecular weight excluding hydrogens is 432 g/mol. The van der Waals surface area contributed by atoms with Gasteiger partial charge in [0.05, 0.1) is 11.7 Å². The summed E-state index contributed by atoms with van der Waals surface area (Å²) in [6.07, 6.45) is 10.1. The number of aromatic nitrogens is 2. The quantitative estimate of drug-likeness (QED) is 0.543. The Morgan fingerprint density at radius 2 is 1.82 bits per heavy atom. The Bertz CT molecular complexity index is 1190. The highest BCUT2D eigenvalue weighted by Crippen LogP contribution is 2.33. The predicted molar refractivity (Wildman–Crippen MR) is 134 cm³/mol. The van der Waals surface area contributed by atoms with Gasteiger partial charge in [-0.1, -0.05) is 12.1 Å². The van der Waals surface area contributed by atoms with E-state index in [1.54, 1.807) is 27.1 Å². The number of hydrogen-bond acceptors (Lipinski definition) is 5. The van der Waals surface area contributed by atoms with Crippen LogP contribution in [0.2, 0.25) is 0 Å². The average Bonchev–Trinajstić information content (AvgIpc) is 3.24. The maximum Gasteiger partial charge on any atom is 0.262 e. The zero-order chi connectivity index (χ0) is 22.8. The first kappa shape index (κ1) is 22.1. The number of piperidine rings is 1. The lowest BCUT2D eigenvalue weighted by Crippen LogP contribution is -2.30. The fourth-order valence-corrected chi connectivity index (χ4v) is 6.29. The third-order valence-electron chi connectivity index (χ3n) is 7.01. The molecule has 0 unspecified atom stereocenters. The molecule has 0 spiro atoms. The van der Waals surface area contributed by atoms with E-state index in [0.717, 1.165) is 48.1 Å². The summed E-state index contributed by atoms with van der Waals surface area (Å²) in [6.45, 7) is 3.20. The van der Waals surface area contributed by atoms with Crippen LogP contribution in [0.1, 0.15) is 54.5 Å². The van der Waals surface area contributed by atoms with Gasteiger partial charge in [0.2, 0.25) is 5.91 Å². The number of carbonyl (C=O) groups is 1. The van der Waals surface area contributed by atoms with Crippen molar-refractivity contribution in [1.29, 1.82) is 0 Å². The molecule has 7 heteroatoms. The van der Waals surface area contributed by atoms with Gasteiger partial charge in [-0.15, -0.1) is 11.3 Å². The Morgan fingerprint density at radius 1 is 1.06 bits per heavy atom. The molecule has 3 heterocycles. The number of benzene rings is 1. The van der Waals surface area contributed by atoms with Gasteiger partial charge in [0.25, 0.3) is 5.56 Å². The molecule has 1 aliphatic carbocycles. The zero-order valence-electron chi connectivity index (χ0n) is 19.4. The van der Waals surface area contributed by atoms with Gasteiger partial charge in [-0.3, -0.25) is 14.2 Å². The largest absolute Gasteiger partial charge is 0.372 e. The zero-order valence-corrected chi connectivity index (χ0v) is 20.2. The monoisotopic (exact) mass is 464 g/mol. The summed E-state index contributed by atoms with van der Waals surface area (Å²) in [4.78, 5) is 36.8. The van der Waals surface area contributed by atoms with Crippen molar-refractivity contribution >= 4 is 33.1 Å². The Kier molecular flexibility index (Phi) is 6.49. The first-order valence-electron chi connectivity index (χ1n) is 12.2. The Labute approximate surface area is 198 Å². The molecule has 1 saturated heterocycles. The second-order valence-electron chi connectivity index (χ2n) is 9.35. The molecule has 0 radical (unpaired) electrons. The molecule has 1 amide bonds. The van der Waals surface area contributed by atoms with Gasteiger partial charge >= 0.3 is 0 Å².